The van der Waals surface area contributed by atoms with Gasteiger partial charge in [0.1, 0.15) is 6.04 Å². The number of nitrogens with one attached hydrogen (secondary N) is 2. The van der Waals surface area contributed by atoms with Gasteiger partial charge in [0.2, 0.25) is 5.91 Å². The molecule has 0 aliphatic carbocycles. The highest BCUT2D eigenvalue weighted by molar-refractivity contribution is 6.02. The minimum atomic E-state index is -1.40. The van der Waals surface area contributed by atoms with Gasteiger partial charge in [-0.25, -0.2) is 4.79 Å². The Morgan fingerprint density at radius 3 is 2.55 bits per heavy atom. The van der Waals surface area contributed by atoms with Crippen molar-refractivity contribution >= 4 is 17.8 Å². The van der Waals surface area contributed by atoms with Crippen molar-refractivity contribution in [1.29, 1.82) is 0 Å². The molecule has 1 aromatic carbocycles. The molecule has 0 aromatic heterocycles. The predicted molar refractivity (Wildman–Crippen MR) is 67.3 cm³/mol. The second-order valence-electron chi connectivity index (χ2n) is 4.31. The maximum absolute atomic E-state index is 11.9. The highest BCUT2D eigenvalue weighted by Gasteiger charge is 2.46. The Kier molecular flexibility index (Phi) is 3.99. The molecule has 3 atom stereocenters. The predicted octanol–water partition coefficient (Wildman–Crippen LogP) is -1.12. The number of methoxy groups -OCH3 is 1. The van der Waals surface area contributed by atoms with Crippen molar-refractivity contribution in [2.45, 2.75) is 18.2 Å². The van der Waals surface area contributed by atoms with E-state index >= 15 is 0 Å². The number of aliphatic hydroxyl groups is 1. The Morgan fingerprint density at radius 2 is 2.00 bits per heavy atom. The maximum Gasteiger partial charge on any atom is 0.331 e. The average Bonchev–Trinajstić information content (AvgIpc) is 2.49. The van der Waals surface area contributed by atoms with Gasteiger partial charge in [0.15, 0.2) is 12.1 Å². The normalized spacial score (nSPS) is 22.2. The van der Waals surface area contributed by atoms with E-state index in [9.17, 15) is 19.5 Å². The summed E-state index contributed by atoms with van der Waals surface area (Å²) in [5.74, 6) is -1.89. The molecule has 1 aliphatic heterocycles. The maximum atomic E-state index is 11.9. The molecule has 1 heterocycles. The third-order valence-corrected chi connectivity index (χ3v) is 3.03. The fourth-order valence-electron chi connectivity index (χ4n) is 1.87. The summed E-state index contributed by atoms with van der Waals surface area (Å²) < 4.78 is 4.49. The number of hydrogen-bond donors (Lipinski definition) is 3. The molecule has 7 heteroatoms. The molecule has 20 heavy (non-hydrogen) atoms. The Hall–Kier alpha value is -2.41. The number of amides is 2. The lowest BCUT2D eigenvalue weighted by molar-refractivity contribution is -0.154. The second-order valence-corrected chi connectivity index (χ2v) is 4.31. The molecule has 1 fully saturated rings. The number of benzene rings is 1. The standard InChI is InChI=1S/C13H14N2O5/c1-20-13(19)9-8(11(17)15-9)14-12(18)10(16)7-5-3-2-4-6-7/h2-6,8-10,16H,1H3,(H,14,18)(H,15,17)/t8-,9-,10?/m0/s1. The van der Waals surface area contributed by atoms with Crippen LogP contribution in [-0.4, -0.2) is 42.1 Å². The van der Waals surface area contributed by atoms with E-state index in [4.69, 9.17) is 0 Å². The third-order valence-electron chi connectivity index (χ3n) is 3.03. The van der Waals surface area contributed by atoms with E-state index in [2.05, 4.69) is 15.4 Å². The molecule has 106 valence electrons. The van der Waals surface area contributed by atoms with Gasteiger partial charge in [0, 0.05) is 0 Å². The monoisotopic (exact) mass is 278 g/mol. The van der Waals surface area contributed by atoms with Crippen molar-refractivity contribution in [3.05, 3.63) is 35.9 Å². The molecule has 3 N–H and O–H groups in total. The lowest BCUT2D eigenvalue weighted by atomic mass is 9.98. The van der Waals surface area contributed by atoms with E-state index in [0.29, 0.717) is 5.56 Å². The van der Waals surface area contributed by atoms with Crippen LogP contribution in [0.3, 0.4) is 0 Å². The number of hydrogen-bond acceptors (Lipinski definition) is 5. The van der Waals surface area contributed by atoms with Crippen molar-refractivity contribution in [2.75, 3.05) is 7.11 Å². The first-order valence-electron chi connectivity index (χ1n) is 5.96. The van der Waals surface area contributed by atoms with Gasteiger partial charge >= 0.3 is 5.97 Å². The molecule has 1 saturated heterocycles. The molecular formula is C13H14N2O5. The fourth-order valence-corrected chi connectivity index (χ4v) is 1.87. The van der Waals surface area contributed by atoms with Crippen molar-refractivity contribution < 1.29 is 24.2 Å². The van der Waals surface area contributed by atoms with Crippen LogP contribution >= 0.6 is 0 Å². The topological polar surface area (TPSA) is 105 Å². The molecule has 0 bridgehead atoms. The van der Waals surface area contributed by atoms with Gasteiger partial charge in [-0.15, -0.1) is 0 Å². The van der Waals surface area contributed by atoms with E-state index in [0.717, 1.165) is 0 Å². The molecule has 0 saturated carbocycles. The molecule has 0 radical (unpaired) electrons. The first-order chi connectivity index (χ1) is 9.54. The van der Waals surface area contributed by atoms with Crippen LogP contribution in [0, 0.1) is 0 Å². The highest BCUT2D eigenvalue weighted by Crippen LogP contribution is 2.14. The van der Waals surface area contributed by atoms with E-state index in [1.54, 1.807) is 30.3 Å². The minimum Gasteiger partial charge on any atom is -0.467 e. The van der Waals surface area contributed by atoms with E-state index in [1.807, 2.05) is 0 Å². The van der Waals surface area contributed by atoms with Crippen LogP contribution in [0.25, 0.3) is 0 Å². The van der Waals surface area contributed by atoms with Crippen LogP contribution in [0.4, 0.5) is 0 Å². The van der Waals surface area contributed by atoms with Crippen LogP contribution in [0.2, 0.25) is 0 Å². The fraction of sp³-hybridized carbons (Fsp3) is 0.308. The van der Waals surface area contributed by atoms with Crippen LogP contribution in [0.15, 0.2) is 30.3 Å². The first kappa shape index (κ1) is 14.0. The summed E-state index contributed by atoms with van der Waals surface area (Å²) in [6.45, 7) is 0. The number of aliphatic hydroxyl groups excluding tert-OH is 1. The number of carbonyl (C=O) groups is 3. The van der Waals surface area contributed by atoms with Crippen LogP contribution in [-0.2, 0) is 19.1 Å². The number of rotatable bonds is 4. The molecule has 1 aromatic rings. The summed E-state index contributed by atoms with van der Waals surface area (Å²) in [5.41, 5.74) is 0.402. The summed E-state index contributed by atoms with van der Waals surface area (Å²) >= 11 is 0. The van der Waals surface area contributed by atoms with Gasteiger partial charge in [-0.3, -0.25) is 9.59 Å². The number of esters is 1. The van der Waals surface area contributed by atoms with Crippen LogP contribution in [0.1, 0.15) is 11.7 Å². The van der Waals surface area contributed by atoms with E-state index in [1.165, 1.54) is 7.11 Å². The van der Waals surface area contributed by atoms with Gasteiger partial charge in [-0.05, 0) is 5.56 Å². The third kappa shape index (κ3) is 2.62. The van der Waals surface area contributed by atoms with Crippen LogP contribution < -0.4 is 10.6 Å². The lowest BCUT2D eigenvalue weighted by Gasteiger charge is -2.35. The Bertz CT molecular complexity index is 531. The van der Waals surface area contributed by atoms with Gasteiger partial charge < -0.3 is 20.5 Å². The van der Waals surface area contributed by atoms with E-state index < -0.39 is 36.0 Å². The summed E-state index contributed by atoms with van der Waals surface area (Å²) in [6, 6.07) is 6.35. The Balaban J connectivity index is 2.01. The van der Waals surface area contributed by atoms with Crippen LogP contribution in [0.5, 0.6) is 0 Å². The number of β-lactam (4-membered cyclic amide) rings is 1. The SMILES string of the molecule is COC(=O)[C@H]1NC(=O)[C@H]1NC(=O)C(O)c1ccccc1. The molecule has 2 amide bonds. The van der Waals surface area contributed by atoms with E-state index in [-0.39, 0.29) is 0 Å². The second kappa shape index (κ2) is 5.70. The average molecular weight is 278 g/mol. The Morgan fingerprint density at radius 1 is 1.35 bits per heavy atom. The van der Waals surface area contributed by atoms with Crippen molar-refractivity contribution in [2.24, 2.45) is 0 Å². The lowest BCUT2D eigenvalue weighted by Crippen LogP contribution is -2.72. The van der Waals surface area contributed by atoms with Gasteiger partial charge in [0.05, 0.1) is 7.11 Å². The summed E-state index contributed by atoms with van der Waals surface area (Å²) in [6.07, 6.45) is -1.40. The molecule has 2 rings (SSSR count). The van der Waals surface area contributed by atoms with Crippen molar-refractivity contribution in [3.63, 3.8) is 0 Å². The molecule has 1 unspecified atom stereocenters. The zero-order valence-electron chi connectivity index (χ0n) is 10.7. The zero-order chi connectivity index (χ0) is 14.7. The minimum absolute atomic E-state index is 0.402. The largest absolute Gasteiger partial charge is 0.467 e. The number of carbonyl (C=O) groups excluding carboxylic acids is 3. The smallest absolute Gasteiger partial charge is 0.331 e. The van der Waals surface area contributed by atoms with Gasteiger partial charge in [-0.1, -0.05) is 30.3 Å². The number of ether oxygens (including phenoxy) is 1. The van der Waals surface area contributed by atoms with Gasteiger partial charge in [0.25, 0.3) is 5.91 Å². The molecule has 1 aliphatic rings. The zero-order valence-corrected chi connectivity index (χ0v) is 10.7. The molecule has 7 nitrogen and oxygen atoms in total. The van der Waals surface area contributed by atoms with Crippen molar-refractivity contribution in [1.82, 2.24) is 10.6 Å². The molecule has 0 spiro atoms. The highest BCUT2D eigenvalue weighted by atomic mass is 16.5. The van der Waals surface area contributed by atoms with Gasteiger partial charge in [-0.2, -0.15) is 0 Å². The summed E-state index contributed by atoms with van der Waals surface area (Å²) in [5, 5.41) is 14.5. The molecular weight excluding hydrogens is 264 g/mol. The summed E-state index contributed by atoms with van der Waals surface area (Å²) in [7, 11) is 1.19. The Labute approximate surface area is 114 Å². The quantitative estimate of drug-likeness (QED) is 0.478. The summed E-state index contributed by atoms with van der Waals surface area (Å²) in [4.78, 5) is 34.5. The first-order valence-corrected chi connectivity index (χ1v) is 5.96. The van der Waals surface area contributed by atoms with Crippen molar-refractivity contribution in [3.8, 4) is 0 Å².